The number of carbonyl (C=O) groups excluding carboxylic acids is 3. The van der Waals surface area contributed by atoms with Crippen LogP contribution in [-0.4, -0.2) is 108 Å². The number of thiazole rings is 3. The molecule has 49 heavy (non-hydrogen) atoms. The SMILES string of the molecule is CO/N=C(\C(=O)Nc1nc(/C(=N/OC)C(=O)N[C@@H]2C(=O)N3C(C(=O)O)=C(CSc4nc(C)c(CC(=O)O)s4)CS[C@H]23)cs1)c1csc(N)n1. The average Bonchev–Trinajstić information content (AvgIpc) is 3.79. The van der Waals surface area contributed by atoms with Crippen LogP contribution in [0.4, 0.5) is 10.3 Å². The van der Waals surface area contributed by atoms with Crippen LogP contribution in [0.15, 0.2) is 36.7 Å². The first-order valence-electron chi connectivity index (χ1n) is 13.6. The van der Waals surface area contributed by atoms with Crippen molar-refractivity contribution in [3.63, 3.8) is 0 Å². The Kier molecular flexibility index (Phi) is 11.2. The number of oxime groups is 2. The van der Waals surface area contributed by atoms with E-state index in [1.54, 1.807) is 6.92 Å². The summed E-state index contributed by atoms with van der Waals surface area (Å²) in [5, 5.41) is 34.3. The zero-order valence-electron chi connectivity index (χ0n) is 25.5. The number of fused-ring (bicyclic) bond motifs is 1. The summed E-state index contributed by atoms with van der Waals surface area (Å²) in [4.78, 5) is 86.9. The Bertz CT molecular complexity index is 1920. The number of rotatable bonds is 14. The fourth-order valence-corrected chi connectivity index (χ4v) is 9.45. The first kappa shape index (κ1) is 35.7. The Hall–Kier alpha value is -4.58. The van der Waals surface area contributed by atoms with Gasteiger partial charge < -0.3 is 30.9 Å². The third kappa shape index (κ3) is 7.85. The number of hydrogen-bond acceptors (Lipinski definition) is 18. The molecule has 5 heterocycles. The molecule has 3 aromatic heterocycles. The summed E-state index contributed by atoms with van der Waals surface area (Å²) in [6.45, 7) is 1.71. The number of aliphatic carboxylic acids is 2. The number of β-lactam (4-membered cyclic amide) rings is 1. The molecule has 0 radical (unpaired) electrons. The Morgan fingerprint density at radius 2 is 1.73 bits per heavy atom. The van der Waals surface area contributed by atoms with Crippen LogP contribution in [0.25, 0.3) is 0 Å². The van der Waals surface area contributed by atoms with E-state index in [9.17, 15) is 29.1 Å². The predicted molar refractivity (Wildman–Crippen MR) is 183 cm³/mol. The van der Waals surface area contributed by atoms with Crippen molar-refractivity contribution in [1.82, 2.24) is 25.2 Å². The molecule has 0 spiro atoms. The monoisotopic (exact) mass is 767 g/mol. The second-order valence-electron chi connectivity index (χ2n) is 9.77. The number of nitrogens with zero attached hydrogens (tertiary/aromatic N) is 6. The van der Waals surface area contributed by atoms with Crippen LogP contribution in [0.5, 0.6) is 0 Å². The van der Waals surface area contributed by atoms with Gasteiger partial charge in [0.15, 0.2) is 26.0 Å². The fraction of sp³-hybridized carbons (Fsp3) is 0.308. The van der Waals surface area contributed by atoms with Crippen molar-refractivity contribution in [3.05, 3.63) is 44.0 Å². The maximum absolute atomic E-state index is 13.4. The number of carboxylic acid groups (broad SMARTS) is 2. The molecule has 5 rings (SSSR count). The quantitative estimate of drug-likeness (QED) is 0.0673. The Morgan fingerprint density at radius 3 is 2.37 bits per heavy atom. The predicted octanol–water partition coefficient (Wildman–Crippen LogP) is 1.44. The highest BCUT2D eigenvalue weighted by Crippen LogP contribution is 2.42. The molecule has 3 aromatic rings. The standard InChI is InChI=1S/C26H25N9O9S5/c1-9-13(4-14(36)37)49-26(28-9)48-6-10-5-45-22-17(21(40)35(22)18(10)23(41)42)31-19(38)16(34-44-3)12-8-47-25(30-12)32-20(39)15(33-43-2)11-7-46-24(27)29-11/h7-8,17,22H,4-6H2,1-3H3,(H2,27,29)(H,31,38)(H,36,37)(H,41,42)(H,30,32,39)/b33-15-,34-16-/t17-,22-/m1/s1. The topological polar surface area (TPSA) is 261 Å². The molecule has 0 bridgehead atoms. The molecule has 23 heteroatoms. The van der Waals surface area contributed by atoms with Crippen molar-refractivity contribution < 1.29 is 43.9 Å². The van der Waals surface area contributed by atoms with Gasteiger partial charge >= 0.3 is 11.9 Å². The van der Waals surface area contributed by atoms with E-state index in [4.69, 9.17) is 20.5 Å². The van der Waals surface area contributed by atoms with Crippen LogP contribution in [-0.2, 0) is 40.1 Å². The summed E-state index contributed by atoms with van der Waals surface area (Å²) in [5.74, 6) is -3.95. The Morgan fingerprint density at radius 1 is 1.06 bits per heavy atom. The highest BCUT2D eigenvalue weighted by atomic mass is 32.2. The number of nitrogens with one attached hydrogen (secondary N) is 2. The largest absolute Gasteiger partial charge is 0.481 e. The molecule has 0 aromatic carbocycles. The third-order valence-electron chi connectivity index (χ3n) is 6.62. The van der Waals surface area contributed by atoms with Crippen LogP contribution in [0.3, 0.4) is 0 Å². The Labute approximate surface area is 296 Å². The first-order valence-corrected chi connectivity index (χ1v) is 18.2. The van der Waals surface area contributed by atoms with E-state index in [0.717, 1.165) is 27.6 Å². The number of carbonyl (C=O) groups is 5. The zero-order chi connectivity index (χ0) is 35.4. The minimum Gasteiger partial charge on any atom is -0.481 e. The van der Waals surface area contributed by atoms with Gasteiger partial charge in [-0.25, -0.2) is 19.7 Å². The lowest BCUT2D eigenvalue weighted by molar-refractivity contribution is -0.150. The summed E-state index contributed by atoms with van der Waals surface area (Å²) in [6, 6.07) is -1.07. The smallest absolute Gasteiger partial charge is 0.352 e. The summed E-state index contributed by atoms with van der Waals surface area (Å²) < 4.78 is 0.584. The molecule has 3 amide bonds. The highest BCUT2D eigenvalue weighted by molar-refractivity contribution is 8.01. The van der Waals surface area contributed by atoms with E-state index >= 15 is 0 Å². The Balaban J connectivity index is 1.25. The van der Waals surface area contributed by atoms with E-state index in [0.29, 0.717) is 20.5 Å². The summed E-state index contributed by atoms with van der Waals surface area (Å²) in [5.41, 5.74) is 6.33. The van der Waals surface area contributed by atoms with E-state index < -0.39 is 41.1 Å². The lowest BCUT2D eigenvalue weighted by Gasteiger charge is -2.49. The van der Waals surface area contributed by atoms with E-state index in [1.807, 2.05) is 0 Å². The molecule has 0 unspecified atom stereocenters. The molecular formula is C26H25N9O9S5. The van der Waals surface area contributed by atoms with Crippen molar-refractivity contribution in [1.29, 1.82) is 0 Å². The van der Waals surface area contributed by atoms with Gasteiger partial charge in [0.25, 0.3) is 17.7 Å². The van der Waals surface area contributed by atoms with Gasteiger partial charge in [-0.05, 0) is 12.5 Å². The van der Waals surface area contributed by atoms with Gasteiger partial charge in [0.05, 0.1) is 12.1 Å². The third-order valence-corrected chi connectivity index (χ3v) is 11.8. The van der Waals surface area contributed by atoms with Gasteiger partial charge in [0, 0.05) is 27.1 Å². The van der Waals surface area contributed by atoms with Crippen LogP contribution in [0.2, 0.25) is 0 Å². The van der Waals surface area contributed by atoms with Crippen LogP contribution in [0, 0.1) is 6.92 Å². The van der Waals surface area contributed by atoms with Crippen molar-refractivity contribution in [2.24, 2.45) is 10.3 Å². The van der Waals surface area contributed by atoms with Gasteiger partial charge in [-0.3, -0.25) is 29.4 Å². The number of anilines is 2. The number of aromatic nitrogens is 3. The molecule has 0 aliphatic carbocycles. The van der Waals surface area contributed by atoms with Crippen molar-refractivity contribution >= 4 is 109 Å². The second-order valence-corrected chi connectivity index (χ2v) is 14.9. The van der Waals surface area contributed by atoms with Crippen LogP contribution < -0.4 is 16.4 Å². The molecule has 6 N–H and O–H groups in total. The first-order chi connectivity index (χ1) is 23.4. The number of nitrogen functional groups attached to an aromatic ring is 1. The fourth-order valence-electron chi connectivity index (χ4n) is 4.50. The number of nitrogens with two attached hydrogens (primary N) is 1. The number of hydrogen-bond donors (Lipinski definition) is 5. The lowest BCUT2D eigenvalue weighted by Crippen LogP contribution is -2.71. The van der Waals surface area contributed by atoms with E-state index in [1.165, 1.54) is 59.8 Å². The summed E-state index contributed by atoms with van der Waals surface area (Å²) in [7, 11) is 2.48. The van der Waals surface area contributed by atoms with Gasteiger partial charge in [-0.15, -0.1) is 45.8 Å². The number of carboxylic acids is 2. The second kappa shape index (κ2) is 15.3. The van der Waals surface area contributed by atoms with Crippen molar-refractivity contribution in [2.75, 3.05) is 36.8 Å². The van der Waals surface area contributed by atoms with Gasteiger partial charge in [-0.1, -0.05) is 22.1 Å². The summed E-state index contributed by atoms with van der Waals surface area (Å²) in [6.07, 6.45) is -0.161. The van der Waals surface area contributed by atoms with Crippen molar-refractivity contribution in [3.8, 4) is 0 Å². The number of amides is 3. The maximum atomic E-state index is 13.4. The molecule has 258 valence electrons. The number of aryl methyl sites for hydroxylation is 1. The minimum absolute atomic E-state index is 0.0251. The molecule has 1 fully saturated rings. The normalized spacial score (nSPS) is 17.7. The lowest BCUT2D eigenvalue weighted by atomic mass is 10.0. The molecular weight excluding hydrogens is 743 g/mol. The molecule has 2 atom stereocenters. The maximum Gasteiger partial charge on any atom is 0.352 e. The van der Waals surface area contributed by atoms with E-state index in [-0.39, 0.29) is 56.7 Å². The molecule has 18 nitrogen and oxygen atoms in total. The van der Waals surface area contributed by atoms with E-state index in [2.05, 4.69) is 35.9 Å². The minimum atomic E-state index is -1.29. The molecule has 0 saturated carbocycles. The van der Waals surface area contributed by atoms with Crippen LogP contribution in [0.1, 0.15) is 22.0 Å². The highest BCUT2D eigenvalue weighted by Gasteiger charge is 2.54. The molecule has 2 aliphatic heterocycles. The zero-order valence-corrected chi connectivity index (χ0v) is 29.6. The van der Waals surface area contributed by atoms with Gasteiger partial charge in [0.2, 0.25) is 0 Å². The van der Waals surface area contributed by atoms with Crippen molar-refractivity contribution in [2.45, 2.75) is 29.1 Å². The molecule has 2 aliphatic rings. The molecule has 1 saturated heterocycles. The summed E-state index contributed by atoms with van der Waals surface area (Å²) >= 11 is 5.84. The van der Waals surface area contributed by atoms with Gasteiger partial charge in [0.1, 0.15) is 42.7 Å². The van der Waals surface area contributed by atoms with Gasteiger partial charge in [-0.2, -0.15) is 0 Å². The average molecular weight is 768 g/mol. The van der Waals surface area contributed by atoms with Crippen LogP contribution >= 0.6 is 57.5 Å². The number of thioether (sulfide) groups is 2.